The molecule has 0 bridgehead atoms. The van der Waals surface area contributed by atoms with Gasteiger partial charge in [0.2, 0.25) is 0 Å². The van der Waals surface area contributed by atoms with Crippen LogP contribution in [0.1, 0.15) is 21.7 Å². The van der Waals surface area contributed by atoms with Crippen LogP contribution in [0.3, 0.4) is 0 Å². The van der Waals surface area contributed by atoms with E-state index < -0.39 is 0 Å². The number of fused-ring (bicyclic) bond motifs is 1. The largest absolute Gasteiger partial charge is 0.293 e. The van der Waals surface area contributed by atoms with Crippen LogP contribution in [0.5, 0.6) is 0 Å². The molecule has 0 atom stereocenters. The highest BCUT2D eigenvalue weighted by Crippen LogP contribution is 2.21. The molecule has 4 nitrogen and oxygen atoms in total. The number of thiazole rings is 1. The van der Waals surface area contributed by atoms with Crippen LogP contribution < -0.4 is 5.56 Å². The summed E-state index contributed by atoms with van der Waals surface area (Å²) in [5.74, 6) is 0. The quantitative estimate of drug-likeness (QED) is 0.745. The van der Waals surface area contributed by atoms with Crippen molar-refractivity contribution in [1.29, 1.82) is 0 Å². The SMILES string of the molecule is CCc1cc2c(=O)n(Cc3cnc(C)s3)cnc2s1. The molecule has 0 aromatic carbocycles. The number of aromatic nitrogens is 3. The highest BCUT2D eigenvalue weighted by molar-refractivity contribution is 7.18. The molecule has 0 radical (unpaired) electrons. The number of hydrogen-bond acceptors (Lipinski definition) is 5. The smallest absolute Gasteiger partial charge is 0.262 e. The van der Waals surface area contributed by atoms with Crippen LogP contribution in [0.15, 0.2) is 23.4 Å². The van der Waals surface area contributed by atoms with Gasteiger partial charge in [0.15, 0.2) is 0 Å². The Hall–Kier alpha value is -1.53. The van der Waals surface area contributed by atoms with Crippen LogP contribution in [-0.2, 0) is 13.0 Å². The normalized spacial score (nSPS) is 11.3. The van der Waals surface area contributed by atoms with Crippen LogP contribution >= 0.6 is 22.7 Å². The summed E-state index contributed by atoms with van der Waals surface area (Å²) in [6.07, 6.45) is 4.39. The van der Waals surface area contributed by atoms with Crippen molar-refractivity contribution in [3.63, 3.8) is 0 Å². The molecule has 3 rings (SSSR count). The molecule has 0 aliphatic rings. The first-order valence-electron chi connectivity index (χ1n) is 6.06. The second kappa shape index (κ2) is 4.86. The summed E-state index contributed by atoms with van der Waals surface area (Å²) in [6, 6.07) is 1.96. The zero-order chi connectivity index (χ0) is 13.4. The molecule has 19 heavy (non-hydrogen) atoms. The van der Waals surface area contributed by atoms with Crippen molar-refractivity contribution in [2.24, 2.45) is 0 Å². The fourth-order valence-electron chi connectivity index (χ4n) is 1.94. The molecule has 3 aromatic heterocycles. The third-order valence-corrected chi connectivity index (χ3v) is 5.00. The Morgan fingerprint density at radius 1 is 1.26 bits per heavy atom. The van der Waals surface area contributed by atoms with Crippen LogP contribution in [-0.4, -0.2) is 14.5 Å². The standard InChI is InChI=1S/C13H13N3OS2/c1-3-9-4-11-12(19-9)15-7-16(13(11)17)6-10-5-14-8(2)18-10/h4-5,7H,3,6H2,1-2H3. The minimum absolute atomic E-state index is 0.0343. The fourth-order valence-corrected chi connectivity index (χ4v) is 3.66. The highest BCUT2D eigenvalue weighted by atomic mass is 32.1. The molecule has 0 aliphatic carbocycles. The van der Waals surface area contributed by atoms with Gasteiger partial charge in [-0.15, -0.1) is 22.7 Å². The molecule has 6 heteroatoms. The molecular weight excluding hydrogens is 278 g/mol. The lowest BCUT2D eigenvalue weighted by molar-refractivity contribution is 0.758. The first kappa shape index (κ1) is 12.5. The monoisotopic (exact) mass is 291 g/mol. The third-order valence-electron chi connectivity index (χ3n) is 2.91. The predicted octanol–water partition coefficient (Wildman–Crippen LogP) is 2.83. The molecule has 3 heterocycles. The number of hydrogen-bond donors (Lipinski definition) is 0. The van der Waals surface area contributed by atoms with Crippen molar-refractivity contribution in [2.75, 3.05) is 0 Å². The lowest BCUT2D eigenvalue weighted by atomic mass is 10.3. The summed E-state index contributed by atoms with van der Waals surface area (Å²) >= 11 is 3.21. The summed E-state index contributed by atoms with van der Waals surface area (Å²) in [5.41, 5.74) is 0.0343. The average Bonchev–Trinajstić information content (AvgIpc) is 2.99. The zero-order valence-corrected chi connectivity index (χ0v) is 12.3. The van der Waals surface area contributed by atoms with Crippen molar-refractivity contribution in [3.8, 4) is 0 Å². The van der Waals surface area contributed by atoms with Crippen LogP contribution in [0.4, 0.5) is 0 Å². The maximum atomic E-state index is 12.4. The first-order valence-corrected chi connectivity index (χ1v) is 7.70. The van der Waals surface area contributed by atoms with E-state index in [2.05, 4.69) is 16.9 Å². The first-order chi connectivity index (χ1) is 9.17. The van der Waals surface area contributed by atoms with E-state index in [1.807, 2.05) is 19.2 Å². The van der Waals surface area contributed by atoms with Gasteiger partial charge in [0.05, 0.1) is 23.3 Å². The Balaban J connectivity index is 2.04. The van der Waals surface area contributed by atoms with Crippen molar-refractivity contribution in [2.45, 2.75) is 26.8 Å². The van der Waals surface area contributed by atoms with Gasteiger partial charge in [0.1, 0.15) is 4.83 Å². The minimum Gasteiger partial charge on any atom is -0.293 e. The van der Waals surface area contributed by atoms with Crippen molar-refractivity contribution >= 4 is 32.9 Å². The van der Waals surface area contributed by atoms with E-state index in [-0.39, 0.29) is 5.56 Å². The zero-order valence-electron chi connectivity index (χ0n) is 10.7. The number of aryl methyl sites for hydroxylation is 2. The van der Waals surface area contributed by atoms with Gasteiger partial charge in [0, 0.05) is 16.0 Å². The van der Waals surface area contributed by atoms with Gasteiger partial charge in [-0.25, -0.2) is 9.97 Å². The van der Waals surface area contributed by atoms with Crippen molar-refractivity contribution < 1.29 is 0 Å². The van der Waals surface area contributed by atoms with Crippen LogP contribution in [0.2, 0.25) is 0 Å². The molecule has 3 aromatic rings. The Kier molecular flexibility index (Phi) is 3.20. The van der Waals surface area contributed by atoms with Crippen LogP contribution in [0.25, 0.3) is 10.2 Å². The average molecular weight is 291 g/mol. The molecule has 98 valence electrons. The van der Waals surface area contributed by atoms with Gasteiger partial charge in [-0.1, -0.05) is 6.92 Å². The molecule has 0 N–H and O–H groups in total. The molecule has 0 amide bonds. The molecule has 0 spiro atoms. The Bertz CT molecular complexity index is 785. The summed E-state index contributed by atoms with van der Waals surface area (Å²) in [6.45, 7) is 4.60. The van der Waals surface area contributed by atoms with Gasteiger partial charge in [-0.05, 0) is 19.4 Å². The van der Waals surface area contributed by atoms with Gasteiger partial charge >= 0.3 is 0 Å². The lowest BCUT2D eigenvalue weighted by Crippen LogP contribution is -2.20. The van der Waals surface area contributed by atoms with Gasteiger partial charge in [-0.2, -0.15) is 0 Å². The van der Waals surface area contributed by atoms with Gasteiger partial charge < -0.3 is 0 Å². The maximum Gasteiger partial charge on any atom is 0.262 e. The van der Waals surface area contributed by atoms with E-state index in [1.165, 1.54) is 4.88 Å². The maximum absolute atomic E-state index is 12.4. The molecule has 0 saturated heterocycles. The predicted molar refractivity (Wildman–Crippen MR) is 79.2 cm³/mol. The van der Waals surface area contributed by atoms with Crippen molar-refractivity contribution in [1.82, 2.24) is 14.5 Å². The summed E-state index contributed by atoms with van der Waals surface area (Å²) in [5, 5.41) is 1.74. The molecule has 0 fully saturated rings. The van der Waals surface area contributed by atoms with Crippen molar-refractivity contribution in [3.05, 3.63) is 43.7 Å². The summed E-state index contributed by atoms with van der Waals surface area (Å²) in [4.78, 5) is 24.1. The lowest BCUT2D eigenvalue weighted by Gasteiger charge is -2.01. The number of thiophene rings is 1. The topological polar surface area (TPSA) is 47.8 Å². The Morgan fingerprint density at radius 3 is 2.79 bits per heavy atom. The summed E-state index contributed by atoms with van der Waals surface area (Å²) in [7, 11) is 0. The van der Waals surface area contributed by atoms with Gasteiger partial charge in [0.25, 0.3) is 5.56 Å². The number of rotatable bonds is 3. The highest BCUT2D eigenvalue weighted by Gasteiger charge is 2.09. The molecule has 0 aliphatic heterocycles. The second-order valence-corrected chi connectivity index (χ2v) is 6.74. The van der Waals surface area contributed by atoms with E-state index >= 15 is 0 Å². The van der Waals surface area contributed by atoms with E-state index in [0.29, 0.717) is 6.54 Å². The molecule has 0 saturated carbocycles. The van der Waals surface area contributed by atoms with E-state index in [4.69, 9.17) is 0 Å². The molecular formula is C13H13N3OS2. The number of nitrogens with zero attached hydrogens (tertiary/aromatic N) is 3. The molecule has 0 unspecified atom stereocenters. The fraction of sp³-hybridized carbons (Fsp3) is 0.308. The minimum atomic E-state index is 0.0343. The Morgan fingerprint density at radius 2 is 2.11 bits per heavy atom. The van der Waals surface area contributed by atoms with Gasteiger partial charge in [-0.3, -0.25) is 9.36 Å². The third kappa shape index (κ3) is 2.33. The summed E-state index contributed by atoms with van der Waals surface area (Å²) < 4.78 is 1.65. The van der Waals surface area contributed by atoms with E-state index in [1.54, 1.807) is 33.6 Å². The second-order valence-electron chi connectivity index (χ2n) is 4.31. The van der Waals surface area contributed by atoms with Crippen LogP contribution in [0, 0.1) is 6.92 Å². The Labute approximate surface area is 118 Å². The van der Waals surface area contributed by atoms with E-state index in [9.17, 15) is 4.79 Å². The van der Waals surface area contributed by atoms with E-state index in [0.717, 1.165) is 26.5 Å².